The lowest BCUT2D eigenvalue weighted by Gasteiger charge is -2.29. The number of hydrogen-bond acceptors (Lipinski definition) is 4. The summed E-state index contributed by atoms with van der Waals surface area (Å²) in [6.07, 6.45) is 0. The number of ether oxygens (including phenoxy) is 1. The van der Waals surface area contributed by atoms with Gasteiger partial charge in [0.15, 0.2) is 0 Å². The molecule has 0 fully saturated rings. The molecule has 0 aliphatic heterocycles. The van der Waals surface area contributed by atoms with Crippen molar-refractivity contribution in [2.75, 3.05) is 6.61 Å². The molecule has 0 saturated heterocycles. The van der Waals surface area contributed by atoms with Gasteiger partial charge in [-0.2, -0.15) is 0 Å². The van der Waals surface area contributed by atoms with Gasteiger partial charge < -0.3 is 14.6 Å². The van der Waals surface area contributed by atoms with Crippen LogP contribution in [0, 0.1) is 11.6 Å². The topological polar surface area (TPSA) is 66.4 Å². The Labute approximate surface area is 137 Å². The van der Waals surface area contributed by atoms with Crippen molar-refractivity contribution in [1.82, 2.24) is 0 Å². The number of rotatable bonds is 5. The summed E-state index contributed by atoms with van der Waals surface area (Å²) in [5.74, 6) is -3.91. The second-order valence-corrected chi connectivity index (χ2v) is 5.33. The predicted octanol–water partition coefficient (Wildman–Crippen LogP) is 2.20. The van der Waals surface area contributed by atoms with Gasteiger partial charge in [0.25, 0.3) is 0 Å². The van der Waals surface area contributed by atoms with Crippen molar-refractivity contribution >= 4 is 11.9 Å². The van der Waals surface area contributed by atoms with Gasteiger partial charge in [-0.25, -0.2) is 8.78 Å². The number of carbonyl (C=O) groups is 2. The lowest BCUT2D eigenvalue weighted by molar-refractivity contribution is -0.312. The van der Waals surface area contributed by atoms with Crippen molar-refractivity contribution in [2.24, 2.45) is 0 Å². The molecule has 0 aliphatic carbocycles. The van der Waals surface area contributed by atoms with Crippen LogP contribution in [0.1, 0.15) is 19.4 Å². The molecule has 0 bridgehead atoms. The summed E-state index contributed by atoms with van der Waals surface area (Å²) in [5.41, 5.74) is -1.64. The highest BCUT2D eigenvalue weighted by Crippen LogP contribution is 2.30. The van der Waals surface area contributed by atoms with Crippen LogP contribution in [0.5, 0.6) is 0 Å². The fraction of sp³-hybridized carbons (Fsp3) is 0.222. The number of benzene rings is 2. The fourth-order valence-electron chi connectivity index (χ4n) is 2.28. The molecule has 0 saturated carbocycles. The van der Waals surface area contributed by atoms with Crippen molar-refractivity contribution < 1.29 is 28.2 Å². The summed E-state index contributed by atoms with van der Waals surface area (Å²) in [6.45, 7) is 2.62. The summed E-state index contributed by atoms with van der Waals surface area (Å²) in [4.78, 5) is 23.5. The van der Waals surface area contributed by atoms with Crippen LogP contribution in [-0.4, -0.2) is 18.5 Å². The molecular formula is C18H15F2O4-. The molecule has 0 amide bonds. The summed E-state index contributed by atoms with van der Waals surface area (Å²) >= 11 is 0. The Balaban J connectivity index is 2.49. The minimum absolute atomic E-state index is 0.0160. The Hall–Kier alpha value is -2.76. The Morgan fingerprint density at radius 1 is 1.12 bits per heavy atom. The first-order chi connectivity index (χ1) is 11.3. The van der Waals surface area contributed by atoms with Crippen molar-refractivity contribution in [1.29, 1.82) is 0 Å². The monoisotopic (exact) mass is 333 g/mol. The van der Waals surface area contributed by atoms with Crippen LogP contribution in [0.4, 0.5) is 8.78 Å². The molecule has 2 aromatic rings. The van der Waals surface area contributed by atoms with Gasteiger partial charge in [0.1, 0.15) is 17.0 Å². The normalized spacial score (nSPS) is 13.2. The molecule has 0 N–H and O–H groups in total. The maximum atomic E-state index is 14.4. The van der Waals surface area contributed by atoms with E-state index in [9.17, 15) is 23.5 Å². The molecule has 0 spiro atoms. The number of carboxylic acid groups (broad SMARTS) is 1. The summed E-state index contributed by atoms with van der Waals surface area (Å²) in [5, 5.41) is 11.5. The highest BCUT2D eigenvalue weighted by Gasteiger charge is 2.39. The van der Waals surface area contributed by atoms with E-state index in [1.165, 1.54) is 43.3 Å². The first-order valence-corrected chi connectivity index (χ1v) is 7.25. The van der Waals surface area contributed by atoms with Gasteiger partial charge in [-0.15, -0.1) is 0 Å². The number of halogens is 2. The number of carboxylic acids is 1. The molecule has 1 atom stereocenters. The van der Waals surface area contributed by atoms with Gasteiger partial charge in [-0.05, 0) is 43.2 Å². The molecule has 4 nitrogen and oxygen atoms in total. The first kappa shape index (κ1) is 17.6. The molecule has 0 aromatic heterocycles. The molecule has 0 heterocycles. The summed E-state index contributed by atoms with van der Waals surface area (Å²) in [6, 6.07) is 8.77. The summed E-state index contributed by atoms with van der Waals surface area (Å²) in [7, 11) is 0. The molecule has 0 aliphatic rings. The molecule has 2 rings (SSSR count). The second-order valence-electron chi connectivity index (χ2n) is 5.33. The minimum Gasteiger partial charge on any atom is -0.549 e. The fourth-order valence-corrected chi connectivity index (χ4v) is 2.28. The third-order valence-corrected chi connectivity index (χ3v) is 3.79. The van der Waals surface area contributed by atoms with Crippen LogP contribution in [0.15, 0.2) is 42.5 Å². The van der Waals surface area contributed by atoms with Crippen LogP contribution in [0.25, 0.3) is 11.1 Å². The Kier molecular flexibility index (Phi) is 4.97. The van der Waals surface area contributed by atoms with E-state index in [-0.39, 0.29) is 17.7 Å². The Morgan fingerprint density at radius 3 is 2.25 bits per heavy atom. The van der Waals surface area contributed by atoms with E-state index in [1.54, 1.807) is 0 Å². The summed E-state index contributed by atoms with van der Waals surface area (Å²) < 4.78 is 32.1. The Morgan fingerprint density at radius 2 is 1.75 bits per heavy atom. The van der Waals surface area contributed by atoms with Crippen molar-refractivity contribution in [3.63, 3.8) is 0 Å². The smallest absolute Gasteiger partial charge is 0.322 e. The number of hydrogen-bond donors (Lipinski definition) is 0. The van der Waals surface area contributed by atoms with Gasteiger partial charge in [-0.1, -0.05) is 24.3 Å². The molecule has 6 heteroatoms. The highest BCUT2D eigenvalue weighted by molar-refractivity contribution is 6.04. The van der Waals surface area contributed by atoms with E-state index in [0.717, 1.165) is 13.0 Å². The van der Waals surface area contributed by atoms with E-state index in [0.29, 0.717) is 5.56 Å². The standard InChI is InChI=1S/C18H16F2O4/c1-3-24-17(23)18(2,16(21)22)12-6-9-14(15(20)10-12)11-4-7-13(19)8-5-11/h4-10H,3H2,1-2H3,(H,21,22)/p-1. The molecule has 24 heavy (non-hydrogen) atoms. The van der Waals surface area contributed by atoms with Crippen molar-refractivity contribution in [3.8, 4) is 11.1 Å². The number of esters is 1. The maximum Gasteiger partial charge on any atom is 0.322 e. The van der Waals surface area contributed by atoms with Crippen LogP contribution in [0.3, 0.4) is 0 Å². The zero-order valence-corrected chi connectivity index (χ0v) is 13.1. The predicted molar refractivity (Wildman–Crippen MR) is 80.8 cm³/mol. The molecule has 126 valence electrons. The van der Waals surface area contributed by atoms with E-state index in [4.69, 9.17) is 4.74 Å². The van der Waals surface area contributed by atoms with Crippen LogP contribution in [0.2, 0.25) is 0 Å². The van der Waals surface area contributed by atoms with Gasteiger partial charge >= 0.3 is 5.97 Å². The number of carbonyl (C=O) groups excluding carboxylic acids is 2. The van der Waals surface area contributed by atoms with Crippen LogP contribution in [-0.2, 0) is 19.7 Å². The van der Waals surface area contributed by atoms with Gasteiger partial charge in [0, 0.05) is 5.56 Å². The lowest BCUT2D eigenvalue weighted by atomic mass is 9.81. The van der Waals surface area contributed by atoms with Crippen LogP contribution < -0.4 is 5.11 Å². The first-order valence-electron chi connectivity index (χ1n) is 7.25. The van der Waals surface area contributed by atoms with E-state index in [1.807, 2.05) is 0 Å². The average Bonchev–Trinajstić information content (AvgIpc) is 2.55. The van der Waals surface area contributed by atoms with Crippen molar-refractivity contribution in [2.45, 2.75) is 19.3 Å². The zero-order chi connectivity index (χ0) is 17.9. The third kappa shape index (κ3) is 3.13. The lowest BCUT2D eigenvalue weighted by Crippen LogP contribution is -2.50. The van der Waals surface area contributed by atoms with E-state index >= 15 is 0 Å². The third-order valence-electron chi connectivity index (χ3n) is 3.79. The van der Waals surface area contributed by atoms with Gasteiger partial charge in [-0.3, -0.25) is 4.79 Å². The van der Waals surface area contributed by atoms with Crippen molar-refractivity contribution in [3.05, 3.63) is 59.7 Å². The van der Waals surface area contributed by atoms with E-state index < -0.39 is 29.0 Å². The number of aliphatic carboxylic acids is 1. The zero-order valence-electron chi connectivity index (χ0n) is 13.1. The molecule has 1 unspecified atom stereocenters. The molecular weight excluding hydrogens is 318 g/mol. The quantitative estimate of drug-likeness (QED) is 0.621. The molecule has 2 aromatic carbocycles. The molecule has 0 radical (unpaired) electrons. The second kappa shape index (κ2) is 6.78. The maximum absolute atomic E-state index is 14.4. The average molecular weight is 333 g/mol. The van der Waals surface area contributed by atoms with E-state index in [2.05, 4.69) is 0 Å². The SMILES string of the molecule is CCOC(=O)C(C)(C(=O)[O-])c1ccc(-c2ccc(F)cc2)c(F)c1. The largest absolute Gasteiger partial charge is 0.549 e. The minimum atomic E-state index is -2.13. The Bertz CT molecular complexity index is 771. The highest BCUT2D eigenvalue weighted by atomic mass is 19.1. The van der Waals surface area contributed by atoms with Crippen LogP contribution >= 0.6 is 0 Å². The van der Waals surface area contributed by atoms with Gasteiger partial charge in [0.05, 0.1) is 12.6 Å². The van der Waals surface area contributed by atoms with Gasteiger partial charge in [0.2, 0.25) is 0 Å².